The lowest BCUT2D eigenvalue weighted by Crippen LogP contribution is -2.22. The van der Waals surface area contributed by atoms with Crippen molar-refractivity contribution >= 4 is 0 Å². The van der Waals surface area contributed by atoms with Crippen LogP contribution in [0.2, 0.25) is 0 Å². The fourth-order valence-electron chi connectivity index (χ4n) is 1.65. The largest absolute Gasteiger partial charge is 0.504 e. The number of phenols is 4. The molecular formula is C15H16O6. The second-order valence-electron chi connectivity index (χ2n) is 4.37. The Bertz CT molecular complexity index is 572. The van der Waals surface area contributed by atoms with E-state index in [1.54, 1.807) is 0 Å². The second kappa shape index (κ2) is 6.13. The maximum absolute atomic E-state index is 9.41. The molecule has 6 heteroatoms. The molecular weight excluding hydrogens is 276 g/mol. The van der Waals surface area contributed by atoms with Crippen LogP contribution in [0.1, 0.15) is 13.3 Å². The molecule has 4 N–H and O–H groups in total. The van der Waals surface area contributed by atoms with Gasteiger partial charge in [0.25, 0.3) is 0 Å². The maximum atomic E-state index is 9.41. The zero-order chi connectivity index (χ0) is 15.4. The average Bonchev–Trinajstić information content (AvgIpc) is 2.46. The molecule has 0 fully saturated rings. The van der Waals surface area contributed by atoms with Gasteiger partial charge in [-0.2, -0.15) is 0 Å². The van der Waals surface area contributed by atoms with Gasteiger partial charge in [0.2, 0.25) is 6.29 Å². The number of phenolic OH excluding ortho intramolecular Hbond substituents is 4. The van der Waals surface area contributed by atoms with Crippen LogP contribution in [0.3, 0.4) is 0 Å². The fourth-order valence-corrected chi connectivity index (χ4v) is 1.65. The first kappa shape index (κ1) is 14.6. The molecule has 0 aliphatic carbocycles. The van der Waals surface area contributed by atoms with Gasteiger partial charge >= 0.3 is 0 Å². The van der Waals surface area contributed by atoms with E-state index in [0.29, 0.717) is 17.9 Å². The van der Waals surface area contributed by atoms with Crippen LogP contribution in [0.4, 0.5) is 0 Å². The third-order valence-electron chi connectivity index (χ3n) is 2.76. The molecule has 0 atom stereocenters. The van der Waals surface area contributed by atoms with Crippen LogP contribution < -0.4 is 9.47 Å². The average molecular weight is 292 g/mol. The molecule has 0 heterocycles. The topological polar surface area (TPSA) is 99.4 Å². The molecule has 0 aliphatic heterocycles. The predicted molar refractivity (Wildman–Crippen MR) is 74.9 cm³/mol. The van der Waals surface area contributed by atoms with E-state index in [1.165, 1.54) is 36.4 Å². The van der Waals surface area contributed by atoms with Crippen LogP contribution in [0.15, 0.2) is 36.4 Å². The Kier molecular flexibility index (Phi) is 4.27. The highest BCUT2D eigenvalue weighted by Crippen LogP contribution is 2.31. The third-order valence-corrected chi connectivity index (χ3v) is 2.76. The van der Waals surface area contributed by atoms with E-state index in [1.807, 2.05) is 6.92 Å². The molecule has 6 nitrogen and oxygen atoms in total. The molecule has 0 aromatic heterocycles. The SMILES string of the molecule is CCC(Oc1ccc(O)c(O)c1)Oc1ccc(O)c(O)c1. The fraction of sp³-hybridized carbons (Fsp3) is 0.200. The standard InChI is InChI=1S/C15H16O6/c1-2-15(20-9-3-5-11(16)13(18)7-9)21-10-4-6-12(17)14(19)8-10/h3-8,15-19H,2H2,1H3. The number of ether oxygens (including phenoxy) is 2. The summed E-state index contributed by atoms with van der Waals surface area (Å²) in [7, 11) is 0. The highest BCUT2D eigenvalue weighted by molar-refractivity contribution is 5.44. The molecule has 2 aromatic rings. The van der Waals surface area contributed by atoms with E-state index in [9.17, 15) is 20.4 Å². The summed E-state index contributed by atoms with van der Waals surface area (Å²) >= 11 is 0. The third kappa shape index (κ3) is 3.62. The Balaban J connectivity index is 2.08. The highest BCUT2D eigenvalue weighted by Gasteiger charge is 2.12. The first-order valence-corrected chi connectivity index (χ1v) is 6.37. The smallest absolute Gasteiger partial charge is 0.240 e. The van der Waals surface area contributed by atoms with Crippen molar-refractivity contribution in [3.8, 4) is 34.5 Å². The molecule has 0 saturated carbocycles. The quantitative estimate of drug-likeness (QED) is 0.499. The van der Waals surface area contributed by atoms with Gasteiger partial charge < -0.3 is 29.9 Å². The maximum Gasteiger partial charge on any atom is 0.240 e. The van der Waals surface area contributed by atoms with Gasteiger partial charge in [0.1, 0.15) is 11.5 Å². The Morgan fingerprint density at radius 2 is 1.19 bits per heavy atom. The first-order chi connectivity index (χ1) is 9.99. The second-order valence-corrected chi connectivity index (χ2v) is 4.37. The minimum atomic E-state index is -0.655. The van der Waals surface area contributed by atoms with Gasteiger partial charge in [-0.25, -0.2) is 0 Å². The van der Waals surface area contributed by atoms with Crippen LogP contribution in [0.25, 0.3) is 0 Å². The zero-order valence-electron chi connectivity index (χ0n) is 11.4. The van der Waals surface area contributed by atoms with Crippen molar-refractivity contribution < 1.29 is 29.9 Å². The van der Waals surface area contributed by atoms with E-state index < -0.39 is 6.29 Å². The van der Waals surface area contributed by atoms with Gasteiger partial charge in [0.05, 0.1) is 0 Å². The van der Waals surface area contributed by atoms with E-state index in [-0.39, 0.29) is 23.0 Å². The summed E-state index contributed by atoms with van der Waals surface area (Å²) in [6, 6.07) is 8.16. The van der Waals surface area contributed by atoms with Crippen molar-refractivity contribution in [2.45, 2.75) is 19.6 Å². The Hall–Kier alpha value is -2.76. The zero-order valence-corrected chi connectivity index (χ0v) is 11.4. The van der Waals surface area contributed by atoms with Crippen molar-refractivity contribution in [1.82, 2.24) is 0 Å². The number of rotatable bonds is 5. The summed E-state index contributed by atoms with van der Waals surface area (Å²) < 4.78 is 11.1. The molecule has 0 saturated heterocycles. The van der Waals surface area contributed by atoms with E-state index >= 15 is 0 Å². The summed E-state index contributed by atoms with van der Waals surface area (Å²) in [5, 5.41) is 37.3. The molecule has 0 unspecified atom stereocenters. The Morgan fingerprint density at radius 1 is 0.762 bits per heavy atom. The number of hydrogen-bond donors (Lipinski definition) is 4. The minimum absolute atomic E-state index is 0.236. The Morgan fingerprint density at radius 3 is 1.52 bits per heavy atom. The first-order valence-electron chi connectivity index (χ1n) is 6.37. The molecule has 2 rings (SSSR count). The van der Waals surface area contributed by atoms with Gasteiger partial charge in [0, 0.05) is 18.6 Å². The normalized spacial score (nSPS) is 10.6. The summed E-state index contributed by atoms with van der Waals surface area (Å²) in [4.78, 5) is 0. The van der Waals surface area contributed by atoms with Gasteiger partial charge in [-0.1, -0.05) is 6.92 Å². The van der Waals surface area contributed by atoms with Crippen molar-refractivity contribution in [3.63, 3.8) is 0 Å². The van der Waals surface area contributed by atoms with Crippen LogP contribution in [0.5, 0.6) is 34.5 Å². The van der Waals surface area contributed by atoms with Crippen LogP contribution in [0, 0.1) is 0 Å². The van der Waals surface area contributed by atoms with Crippen molar-refractivity contribution in [2.24, 2.45) is 0 Å². The molecule has 0 spiro atoms. The van der Waals surface area contributed by atoms with Gasteiger partial charge in [0.15, 0.2) is 23.0 Å². The van der Waals surface area contributed by atoms with Gasteiger partial charge in [-0.15, -0.1) is 0 Å². The predicted octanol–water partition coefficient (Wildman–Crippen LogP) is 2.70. The summed E-state index contributed by atoms with van der Waals surface area (Å²) in [6.45, 7) is 1.84. The molecule has 112 valence electrons. The number of benzene rings is 2. The lowest BCUT2D eigenvalue weighted by molar-refractivity contribution is 0.00298. The lowest BCUT2D eigenvalue weighted by Gasteiger charge is -2.19. The van der Waals surface area contributed by atoms with Crippen LogP contribution >= 0.6 is 0 Å². The lowest BCUT2D eigenvalue weighted by atomic mass is 10.3. The summed E-state index contributed by atoms with van der Waals surface area (Å²) in [5.74, 6) is -0.380. The molecule has 0 amide bonds. The minimum Gasteiger partial charge on any atom is -0.504 e. The van der Waals surface area contributed by atoms with Crippen LogP contribution in [-0.4, -0.2) is 26.7 Å². The van der Waals surface area contributed by atoms with Crippen molar-refractivity contribution in [2.75, 3.05) is 0 Å². The van der Waals surface area contributed by atoms with E-state index in [2.05, 4.69) is 0 Å². The molecule has 0 radical (unpaired) electrons. The number of aromatic hydroxyl groups is 4. The van der Waals surface area contributed by atoms with Crippen LogP contribution in [-0.2, 0) is 0 Å². The van der Waals surface area contributed by atoms with E-state index in [0.717, 1.165) is 0 Å². The molecule has 21 heavy (non-hydrogen) atoms. The molecule has 2 aromatic carbocycles. The van der Waals surface area contributed by atoms with E-state index in [4.69, 9.17) is 9.47 Å². The number of hydrogen-bond acceptors (Lipinski definition) is 6. The summed E-state index contributed by atoms with van der Waals surface area (Å²) in [5.41, 5.74) is 0. The summed E-state index contributed by atoms with van der Waals surface area (Å²) in [6.07, 6.45) is -0.151. The molecule has 0 aliphatic rings. The van der Waals surface area contributed by atoms with Gasteiger partial charge in [-0.3, -0.25) is 0 Å². The van der Waals surface area contributed by atoms with Crippen molar-refractivity contribution in [3.05, 3.63) is 36.4 Å². The monoisotopic (exact) mass is 292 g/mol. The molecule has 0 bridgehead atoms. The Labute approximate surface area is 121 Å². The highest BCUT2D eigenvalue weighted by atomic mass is 16.7. The van der Waals surface area contributed by atoms with Gasteiger partial charge in [-0.05, 0) is 24.3 Å². The van der Waals surface area contributed by atoms with Crippen molar-refractivity contribution in [1.29, 1.82) is 0 Å².